The standard InChI is InChI=1S/C9H11N5O3S2/c1-19(16,17)14-5-2-3-7-6(4-5)8(18-13-7)11-12-9(10)15/h2-4,11,14H,1H3,(H3,10,12,15). The van der Waals surface area contributed by atoms with E-state index in [4.69, 9.17) is 5.73 Å². The molecule has 0 aliphatic heterocycles. The van der Waals surface area contributed by atoms with Gasteiger partial charge in [0, 0.05) is 11.1 Å². The number of carbonyl (C=O) groups is 1. The van der Waals surface area contributed by atoms with E-state index in [1.807, 2.05) is 0 Å². The third-order valence-corrected chi connectivity index (χ3v) is 3.48. The van der Waals surface area contributed by atoms with Crippen LogP contribution in [-0.2, 0) is 10.0 Å². The van der Waals surface area contributed by atoms with Crippen molar-refractivity contribution in [3.63, 3.8) is 0 Å². The number of anilines is 2. The SMILES string of the molecule is CS(=O)(=O)Nc1ccc2nsc(NNC(N)=O)c2c1. The predicted molar refractivity (Wildman–Crippen MR) is 74.4 cm³/mol. The summed E-state index contributed by atoms with van der Waals surface area (Å²) in [4.78, 5) is 10.6. The van der Waals surface area contributed by atoms with Crippen LogP contribution in [0.15, 0.2) is 18.2 Å². The minimum absolute atomic E-state index is 0.414. The Kier molecular flexibility index (Phi) is 3.44. The fraction of sp³-hybridized carbons (Fsp3) is 0.111. The number of benzene rings is 1. The summed E-state index contributed by atoms with van der Waals surface area (Å²) in [6, 6.07) is 4.17. The third-order valence-electron chi connectivity index (χ3n) is 2.08. The van der Waals surface area contributed by atoms with Crippen LogP contribution in [0.1, 0.15) is 0 Å². The van der Waals surface area contributed by atoms with Gasteiger partial charge in [-0.1, -0.05) is 0 Å². The van der Waals surface area contributed by atoms with E-state index in [0.717, 1.165) is 17.8 Å². The molecule has 0 radical (unpaired) electrons. The summed E-state index contributed by atoms with van der Waals surface area (Å²) >= 11 is 1.12. The molecule has 5 N–H and O–H groups in total. The zero-order chi connectivity index (χ0) is 14.0. The molecule has 1 aromatic carbocycles. The fourth-order valence-corrected chi connectivity index (χ4v) is 2.69. The zero-order valence-corrected chi connectivity index (χ0v) is 11.4. The molecular formula is C9H11N5O3S2. The van der Waals surface area contributed by atoms with Crippen LogP contribution >= 0.6 is 11.5 Å². The molecule has 0 atom stereocenters. The van der Waals surface area contributed by atoms with Crippen molar-refractivity contribution in [1.29, 1.82) is 0 Å². The highest BCUT2D eigenvalue weighted by atomic mass is 32.2. The van der Waals surface area contributed by atoms with Crippen molar-refractivity contribution < 1.29 is 13.2 Å². The van der Waals surface area contributed by atoms with E-state index in [1.165, 1.54) is 0 Å². The Hall–Kier alpha value is -2.07. The number of aromatic nitrogens is 1. The number of primary amides is 1. The molecule has 0 bridgehead atoms. The second-order valence-electron chi connectivity index (χ2n) is 3.73. The average molecular weight is 301 g/mol. The van der Waals surface area contributed by atoms with Crippen molar-refractivity contribution in [3.05, 3.63) is 18.2 Å². The largest absolute Gasteiger partial charge is 0.350 e. The number of sulfonamides is 1. The lowest BCUT2D eigenvalue weighted by Gasteiger charge is -2.05. The number of hydrazine groups is 1. The molecule has 0 saturated heterocycles. The summed E-state index contributed by atoms with van der Waals surface area (Å²) in [7, 11) is -3.34. The van der Waals surface area contributed by atoms with Crippen molar-refractivity contribution in [2.24, 2.45) is 5.73 Å². The number of nitrogens with zero attached hydrogens (tertiary/aromatic N) is 1. The smallest absolute Gasteiger partial charge is 0.330 e. The van der Waals surface area contributed by atoms with Crippen molar-refractivity contribution in [2.45, 2.75) is 0 Å². The molecule has 0 fully saturated rings. The normalized spacial score (nSPS) is 11.2. The first-order valence-corrected chi connectivity index (χ1v) is 7.70. The Balaban J connectivity index is 2.34. The number of fused-ring (bicyclic) bond motifs is 1. The van der Waals surface area contributed by atoms with Crippen LogP contribution in [0.4, 0.5) is 15.5 Å². The molecule has 1 aromatic heterocycles. The van der Waals surface area contributed by atoms with Gasteiger partial charge in [-0.15, -0.1) is 0 Å². The van der Waals surface area contributed by atoms with Gasteiger partial charge in [0.15, 0.2) is 0 Å². The number of nitrogens with one attached hydrogen (secondary N) is 3. The van der Waals surface area contributed by atoms with Crippen LogP contribution in [0.25, 0.3) is 10.9 Å². The molecule has 2 aromatic rings. The summed E-state index contributed by atoms with van der Waals surface area (Å²) in [6.45, 7) is 0. The van der Waals surface area contributed by atoms with Crippen LogP contribution in [0.2, 0.25) is 0 Å². The zero-order valence-electron chi connectivity index (χ0n) is 9.80. The average Bonchev–Trinajstić information content (AvgIpc) is 2.66. The van der Waals surface area contributed by atoms with Gasteiger partial charge < -0.3 is 5.73 Å². The Bertz CT molecular complexity index is 725. The topological polar surface area (TPSA) is 126 Å². The summed E-state index contributed by atoms with van der Waals surface area (Å²) in [5.74, 6) is 0. The lowest BCUT2D eigenvalue weighted by molar-refractivity contribution is 0.251. The first-order chi connectivity index (χ1) is 8.85. The highest BCUT2D eigenvalue weighted by Crippen LogP contribution is 2.29. The Morgan fingerprint density at radius 1 is 1.42 bits per heavy atom. The molecule has 8 nitrogen and oxygen atoms in total. The number of hydrogen-bond donors (Lipinski definition) is 4. The second kappa shape index (κ2) is 4.90. The summed E-state index contributed by atoms with van der Waals surface area (Å²) in [6.07, 6.45) is 1.07. The maximum absolute atomic E-state index is 11.2. The highest BCUT2D eigenvalue weighted by molar-refractivity contribution is 7.92. The molecule has 0 saturated carbocycles. The van der Waals surface area contributed by atoms with E-state index in [2.05, 4.69) is 19.9 Å². The molecule has 19 heavy (non-hydrogen) atoms. The van der Waals surface area contributed by atoms with Gasteiger partial charge in [-0.2, -0.15) is 4.37 Å². The summed E-state index contributed by atoms with van der Waals surface area (Å²) in [5, 5.41) is 1.23. The molecule has 102 valence electrons. The van der Waals surface area contributed by atoms with Crippen LogP contribution in [0.5, 0.6) is 0 Å². The van der Waals surface area contributed by atoms with Crippen LogP contribution in [0, 0.1) is 0 Å². The van der Waals surface area contributed by atoms with E-state index < -0.39 is 16.1 Å². The van der Waals surface area contributed by atoms with E-state index in [0.29, 0.717) is 21.6 Å². The Morgan fingerprint density at radius 3 is 2.79 bits per heavy atom. The highest BCUT2D eigenvalue weighted by Gasteiger charge is 2.09. The third kappa shape index (κ3) is 3.45. The van der Waals surface area contributed by atoms with Gasteiger partial charge in [0.25, 0.3) is 0 Å². The summed E-state index contributed by atoms with van der Waals surface area (Å²) < 4.78 is 28.8. The van der Waals surface area contributed by atoms with Gasteiger partial charge in [0.1, 0.15) is 5.00 Å². The van der Waals surface area contributed by atoms with Crippen LogP contribution in [0.3, 0.4) is 0 Å². The molecular weight excluding hydrogens is 290 g/mol. The maximum atomic E-state index is 11.2. The first-order valence-electron chi connectivity index (χ1n) is 5.04. The predicted octanol–water partition coefficient (Wildman–Crippen LogP) is 0.663. The first kappa shape index (κ1) is 13.4. The molecule has 10 heteroatoms. The van der Waals surface area contributed by atoms with E-state index in [-0.39, 0.29) is 0 Å². The van der Waals surface area contributed by atoms with Crippen LogP contribution < -0.4 is 21.3 Å². The van der Waals surface area contributed by atoms with Crippen molar-refractivity contribution in [3.8, 4) is 0 Å². The van der Waals surface area contributed by atoms with Crippen LogP contribution in [-0.4, -0.2) is 25.1 Å². The van der Waals surface area contributed by atoms with Gasteiger partial charge in [-0.05, 0) is 29.7 Å². The van der Waals surface area contributed by atoms with Crippen molar-refractivity contribution in [2.75, 3.05) is 16.4 Å². The van der Waals surface area contributed by atoms with E-state index >= 15 is 0 Å². The molecule has 0 aliphatic carbocycles. The Morgan fingerprint density at radius 2 is 2.16 bits per heavy atom. The summed E-state index contributed by atoms with van der Waals surface area (Å²) in [5.41, 5.74) is 10.9. The van der Waals surface area contributed by atoms with Gasteiger partial charge in [0.05, 0.1) is 11.8 Å². The quantitative estimate of drug-likeness (QED) is 0.617. The molecule has 0 aliphatic rings. The second-order valence-corrected chi connectivity index (χ2v) is 6.25. The van der Waals surface area contributed by atoms with E-state index in [9.17, 15) is 13.2 Å². The van der Waals surface area contributed by atoms with Gasteiger partial charge in [0.2, 0.25) is 10.0 Å². The number of hydrogen-bond acceptors (Lipinski definition) is 6. The van der Waals surface area contributed by atoms with Crippen molar-refractivity contribution >= 4 is 49.2 Å². The number of urea groups is 1. The number of rotatable bonds is 4. The number of nitrogens with two attached hydrogens (primary N) is 1. The van der Waals surface area contributed by atoms with Gasteiger partial charge in [-0.3, -0.25) is 15.6 Å². The minimum atomic E-state index is -3.34. The fourth-order valence-electron chi connectivity index (χ4n) is 1.43. The number of carbonyl (C=O) groups excluding carboxylic acids is 1. The lowest BCUT2D eigenvalue weighted by atomic mass is 10.2. The molecule has 0 unspecified atom stereocenters. The lowest BCUT2D eigenvalue weighted by Crippen LogP contribution is -2.33. The van der Waals surface area contributed by atoms with Gasteiger partial charge >= 0.3 is 6.03 Å². The van der Waals surface area contributed by atoms with Crippen molar-refractivity contribution in [1.82, 2.24) is 9.80 Å². The monoisotopic (exact) mass is 301 g/mol. The minimum Gasteiger partial charge on any atom is -0.350 e. The molecule has 2 rings (SSSR count). The molecule has 2 amide bonds. The Labute approximate surface area is 113 Å². The molecule has 1 heterocycles. The van der Waals surface area contributed by atoms with Gasteiger partial charge in [-0.25, -0.2) is 13.2 Å². The number of amides is 2. The van der Waals surface area contributed by atoms with E-state index in [1.54, 1.807) is 18.2 Å². The maximum Gasteiger partial charge on any atom is 0.330 e. The molecule has 0 spiro atoms.